The van der Waals surface area contributed by atoms with Gasteiger partial charge in [-0.15, -0.1) is 0 Å². The van der Waals surface area contributed by atoms with Crippen molar-refractivity contribution in [3.63, 3.8) is 0 Å². The molecule has 1 atom stereocenters. The fourth-order valence-electron chi connectivity index (χ4n) is 1.73. The van der Waals surface area contributed by atoms with Crippen LogP contribution in [0.1, 0.15) is 12.8 Å². The summed E-state index contributed by atoms with van der Waals surface area (Å²) in [6, 6.07) is 1.54. The molecule has 0 unspecified atom stereocenters. The number of halogens is 1. The summed E-state index contributed by atoms with van der Waals surface area (Å²) in [4.78, 5) is 4.03. The van der Waals surface area contributed by atoms with Gasteiger partial charge in [0.15, 0.2) is 0 Å². The highest BCUT2D eigenvalue weighted by Crippen LogP contribution is 2.24. The Labute approximate surface area is 103 Å². The fraction of sp³-hybridized carbons (Fsp3) is 0.444. The van der Waals surface area contributed by atoms with Crippen LogP contribution in [0, 0.1) is 0 Å². The molecule has 0 spiro atoms. The maximum Gasteiger partial charge on any atom is 0.246 e. The van der Waals surface area contributed by atoms with Crippen LogP contribution in [0.25, 0.3) is 0 Å². The van der Waals surface area contributed by atoms with Crippen LogP contribution in [0.15, 0.2) is 27.8 Å². The lowest BCUT2D eigenvalue weighted by Crippen LogP contribution is -2.40. The second-order valence-corrected chi connectivity index (χ2v) is 6.47. The minimum Gasteiger partial charge on any atom is -0.315 e. The van der Waals surface area contributed by atoms with Gasteiger partial charge in [-0.1, -0.05) is 0 Å². The monoisotopic (exact) mass is 305 g/mol. The molecule has 7 heteroatoms. The van der Waals surface area contributed by atoms with Crippen molar-refractivity contribution < 1.29 is 8.42 Å². The first-order valence-corrected chi connectivity index (χ1v) is 7.13. The van der Waals surface area contributed by atoms with Crippen molar-refractivity contribution in [2.75, 3.05) is 6.54 Å². The highest BCUT2D eigenvalue weighted by molar-refractivity contribution is 9.10. The third-order valence-corrected chi connectivity index (χ3v) is 4.86. The zero-order valence-electron chi connectivity index (χ0n) is 8.51. The maximum absolute atomic E-state index is 12.2. The molecular formula is C9H12BrN3O2S. The van der Waals surface area contributed by atoms with Crippen LogP contribution in [0.4, 0.5) is 0 Å². The first kappa shape index (κ1) is 12.0. The Morgan fingerprint density at radius 1 is 1.50 bits per heavy atom. The van der Waals surface area contributed by atoms with Gasteiger partial charge in [-0.3, -0.25) is 4.98 Å². The molecule has 2 rings (SSSR count). The minimum atomic E-state index is -3.49. The van der Waals surface area contributed by atoms with Crippen molar-refractivity contribution in [2.24, 2.45) is 5.73 Å². The average molecular weight is 306 g/mol. The number of aromatic nitrogens is 1. The Kier molecular flexibility index (Phi) is 3.29. The summed E-state index contributed by atoms with van der Waals surface area (Å²) < 4.78 is 26.3. The molecule has 1 aliphatic rings. The third kappa shape index (κ3) is 2.13. The van der Waals surface area contributed by atoms with E-state index in [0.29, 0.717) is 17.4 Å². The van der Waals surface area contributed by atoms with E-state index in [1.807, 2.05) is 0 Å². The van der Waals surface area contributed by atoms with E-state index in [2.05, 4.69) is 20.9 Å². The molecule has 16 heavy (non-hydrogen) atoms. The number of sulfonamides is 1. The summed E-state index contributed by atoms with van der Waals surface area (Å²) in [6.07, 6.45) is 3.99. The molecule has 2 N–H and O–H groups in total. The van der Waals surface area contributed by atoms with Crippen molar-refractivity contribution in [1.29, 1.82) is 0 Å². The largest absolute Gasteiger partial charge is 0.315 e. The highest BCUT2D eigenvalue weighted by Gasteiger charge is 2.33. The summed E-state index contributed by atoms with van der Waals surface area (Å²) in [6.45, 7) is 0.482. The SMILES string of the molecule is N[C@H]1CCCN1S(=O)(=O)c1cncc(Br)c1. The van der Waals surface area contributed by atoms with Crippen LogP contribution < -0.4 is 5.73 Å². The number of hydrogen-bond donors (Lipinski definition) is 1. The van der Waals surface area contributed by atoms with E-state index in [1.54, 1.807) is 6.20 Å². The second-order valence-electron chi connectivity index (χ2n) is 3.66. The molecule has 0 amide bonds. The van der Waals surface area contributed by atoms with Crippen LogP contribution >= 0.6 is 15.9 Å². The number of nitrogens with zero attached hydrogens (tertiary/aromatic N) is 2. The van der Waals surface area contributed by atoms with Gasteiger partial charge in [0.1, 0.15) is 4.90 Å². The van der Waals surface area contributed by atoms with Gasteiger partial charge >= 0.3 is 0 Å². The van der Waals surface area contributed by atoms with Gasteiger partial charge in [0.2, 0.25) is 10.0 Å². The predicted octanol–water partition coefficient (Wildman–Crippen LogP) is 0.913. The molecular weight excluding hydrogens is 294 g/mol. The number of pyridine rings is 1. The van der Waals surface area contributed by atoms with Gasteiger partial charge in [-0.2, -0.15) is 4.31 Å². The van der Waals surface area contributed by atoms with Crippen LogP contribution in [0.3, 0.4) is 0 Å². The molecule has 1 aromatic rings. The van der Waals surface area contributed by atoms with Crippen molar-refractivity contribution >= 4 is 26.0 Å². The van der Waals surface area contributed by atoms with E-state index < -0.39 is 16.2 Å². The minimum absolute atomic E-state index is 0.180. The van der Waals surface area contributed by atoms with E-state index in [4.69, 9.17) is 5.73 Å². The summed E-state index contributed by atoms with van der Waals surface area (Å²) in [5.74, 6) is 0. The first-order chi connectivity index (χ1) is 7.51. The van der Waals surface area contributed by atoms with Crippen molar-refractivity contribution in [3.05, 3.63) is 22.9 Å². The molecule has 0 saturated carbocycles. The van der Waals surface area contributed by atoms with E-state index in [1.165, 1.54) is 16.6 Å². The van der Waals surface area contributed by atoms with Crippen LogP contribution in [0.2, 0.25) is 0 Å². The summed E-state index contributed by atoms with van der Waals surface area (Å²) in [5, 5.41) is 0. The van der Waals surface area contributed by atoms with E-state index in [0.717, 1.165) is 6.42 Å². The smallest absolute Gasteiger partial charge is 0.246 e. The molecule has 1 saturated heterocycles. The molecule has 0 bridgehead atoms. The van der Waals surface area contributed by atoms with Gasteiger partial charge < -0.3 is 5.73 Å². The molecule has 0 aliphatic carbocycles. The van der Waals surface area contributed by atoms with E-state index in [-0.39, 0.29) is 4.90 Å². The van der Waals surface area contributed by atoms with E-state index >= 15 is 0 Å². The number of rotatable bonds is 2. The Hall–Kier alpha value is -0.500. The summed E-state index contributed by atoms with van der Waals surface area (Å²) in [7, 11) is -3.49. The first-order valence-electron chi connectivity index (χ1n) is 4.90. The average Bonchev–Trinajstić information content (AvgIpc) is 2.65. The maximum atomic E-state index is 12.2. The molecule has 1 fully saturated rings. The zero-order valence-corrected chi connectivity index (χ0v) is 10.9. The standard InChI is InChI=1S/C9H12BrN3O2S/c10-7-4-8(6-12-5-7)16(14,15)13-3-1-2-9(13)11/h4-6,9H,1-3,11H2/t9-/m1/s1. The molecule has 1 aromatic heterocycles. The second kappa shape index (κ2) is 4.40. The van der Waals surface area contributed by atoms with Gasteiger partial charge in [-0.25, -0.2) is 8.42 Å². The van der Waals surface area contributed by atoms with E-state index in [9.17, 15) is 8.42 Å². The summed E-state index contributed by atoms with van der Waals surface area (Å²) >= 11 is 3.20. The Bertz CT molecular complexity index is 491. The Balaban J connectivity index is 2.39. The number of nitrogens with two attached hydrogens (primary N) is 1. The van der Waals surface area contributed by atoms with Gasteiger partial charge in [0.05, 0.1) is 6.17 Å². The Morgan fingerprint density at radius 2 is 2.25 bits per heavy atom. The zero-order chi connectivity index (χ0) is 11.8. The Morgan fingerprint density at radius 3 is 2.81 bits per heavy atom. The fourth-order valence-corrected chi connectivity index (χ4v) is 3.82. The van der Waals surface area contributed by atoms with Crippen LogP contribution in [-0.4, -0.2) is 30.4 Å². The lowest BCUT2D eigenvalue weighted by Gasteiger charge is -2.20. The molecule has 1 aliphatic heterocycles. The lowest BCUT2D eigenvalue weighted by atomic mass is 10.3. The molecule has 88 valence electrons. The van der Waals surface area contributed by atoms with Gasteiger partial charge in [-0.05, 0) is 34.8 Å². The van der Waals surface area contributed by atoms with Crippen molar-refractivity contribution in [1.82, 2.24) is 9.29 Å². The van der Waals surface area contributed by atoms with Crippen molar-refractivity contribution in [2.45, 2.75) is 23.9 Å². The molecule has 2 heterocycles. The normalized spacial score (nSPS) is 22.5. The molecule has 5 nitrogen and oxygen atoms in total. The highest BCUT2D eigenvalue weighted by atomic mass is 79.9. The predicted molar refractivity (Wildman–Crippen MR) is 63.0 cm³/mol. The van der Waals surface area contributed by atoms with Crippen molar-refractivity contribution in [3.8, 4) is 0 Å². The number of hydrogen-bond acceptors (Lipinski definition) is 4. The molecule has 0 radical (unpaired) electrons. The quantitative estimate of drug-likeness (QED) is 0.881. The third-order valence-electron chi connectivity index (χ3n) is 2.53. The van der Waals surface area contributed by atoms with Gasteiger partial charge in [0, 0.05) is 23.4 Å². The van der Waals surface area contributed by atoms with Crippen LogP contribution in [0.5, 0.6) is 0 Å². The van der Waals surface area contributed by atoms with Gasteiger partial charge in [0.25, 0.3) is 0 Å². The summed E-state index contributed by atoms with van der Waals surface area (Å²) in [5.41, 5.74) is 5.76. The molecule has 0 aromatic carbocycles. The lowest BCUT2D eigenvalue weighted by molar-refractivity contribution is 0.396. The van der Waals surface area contributed by atoms with Crippen LogP contribution in [-0.2, 0) is 10.0 Å². The topological polar surface area (TPSA) is 76.3 Å².